The zero-order valence-corrected chi connectivity index (χ0v) is 16.2. The van der Waals surface area contributed by atoms with Crippen LogP contribution in [0.4, 0.5) is 0 Å². The highest BCUT2D eigenvalue weighted by atomic mass is 16.5. The molecule has 4 rings (SSSR count). The van der Waals surface area contributed by atoms with Gasteiger partial charge in [0.2, 0.25) is 0 Å². The first kappa shape index (κ1) is 19.0. The Morgan fingerprint density at radius 3 is 2.30 bits per heavy atom. The fraction of sp³-hybridized carbons (Fsp3) is 0.0370. The van der Waals surface area contributed by atoms with Gasteiger partial charge in [0.05, 0.1) is 23.3 Å². The molecule has 0 aliphatic heterocycles. The maximum absolute atomic E-state index is 9.66. The summed E-state index contributed by atoms with van der Waals surface area (Å²) in [6.07, 6.45) is 1.87. The molecule has 0 radical (unpaired) electrons. The fourth-order valence-corrected chi connectivity index (χ4v) is 3.28. The molecule has 0 aliphatic carbocycles. The second-order valence-corrected chi connectivity index (χ2v) is 6.86. The number of ether oxygens (including phenoxy) is 1. The zero-order chi connectivity index (χ0) is 20.8. The van der Waals surface area contributed by atoms with Crippen molar-refractivity contribution in [2.24, 2.45) is 0 Å². The van der Waals surface area contributed by atoms with Gasteiger partial charge in [-0.3, -0.25) is 0 Å². The van der Waals surface area contributed by atoms with Crippen LogP contribution in [0.5, 0.6) is 5.75 Å². The standard InChI is InChI=1S/C27H18N2O/c28-17-24-7-3-4-8-25(24)19-30-27-13-9-20(10-14-27)15-26(18-29)23-12-11-21-5-1-2-6-22(21)16-23/h1-16H,19H2/b26-15-. The van der Waals surface area contributed by atoms with E-state index in [4.69, 9.17) is 4.74 Å². The van der Waals surface area contributed by atoms with E-state index in [-0.39, 0.29) is 0 Å². The molecule has 0 atom stereocenters. The molecule has 30 heavy (non-hydrogen) atoms. The first-order chi connectivity index (χ1) is 14.8. The number of hydrogen-bond donors (Lipinski definition) is 0. The lowest BCUT2D eigenvalue weighted by Gasteiger charge is -2.08. The highest BCUT2D eigenvalue weighted by Crippen LogP contribution is 2.24. The summed E-state index contributed by atoms with van der Waals surface area (Å²) in [7, 11) is 0. The molecule has 0 saturated carbocycles. The highest BCUT2D eigenvalue weighted by molar-refractivity contribution is 5.94. The monoisotopic (exact) mass is 386 g/mol. The number of nitrogens with zero attached hydrogens (tertiary/aromatic N) is 2. The van der Waals surface area contributed by atoms with E-state index in [1.807, 2.05) is 84.9 Å². The molecule has 4 aromatic carbocycles. The number of benzene rings is 4. The summed E-state index contributed by atoms with van der Waals surface area (Å²) < 4.78 is 5.82. The number of fused-ring (bicyclic) bond motifs is 1. The molecule has 0 fully saturated rings. The minimum atomic E-state index is 0.333. The van der Waals surface area contributed by atoms with Gasteiger partial charge in [-0.2, -0.15) is 10.5 Å². The van der Waals surface area contributed by atoms with Crippen LogP contribution >= 0.6 is 0 Å². The summed E-state index contributed by atoms with van der Waals surface area (Å²) in [6.45, 7) is 0.333. The molecular weight excluding hydrogens is 368 g/mol. The quantitative estimate of drug-likeness (QED) is 0.296. The molecule has 0 spiro atoms. The van der Waals surface area contributed by atoms with E-state index in [9.17, 15) is 10.5 Å². The van der Waals surface area contributed by atoms with Gasteiger partial charge in [0.15, 0.2) is 0 Å². The molecule has 3 nitrogen and oxygen atoms in total. The predicted molar refractivity (Wildman–Crippen MR) is 119 cm³/mol. The molecule has 0 unspecified atom stereocenters. The van der Waals surface area contributed by atoms with Gasteiger partial charge < -0.3 is 4.74 Å². The van der Waals surface area contributed by atoms with Crippen molar-refractivity contribution in [3.63, 3.8) is 0 Å². The van der Waals surface area contributed by atoms with Crippen LogP contribution in [0.2, 0.25) is 0 Å². The minimum absolute atomic E-state index is 0.333. The second-order valence-electron chi connectivity index (χ2n) is 6.86. The van der Waals surface area contributed by atoms with Gasteiger partial charge in [-0.15, -0.1) is 0 Å². The topological polar surface area (TPSA) is 56.8 Å². The Morgan fingerprint density at radius 2 is 1.53 bits per heavy atom. The average molecular weight is 386 g/mol. The van der Waals surface area contributed by atoms with Gasteiger partial charge in [-0.25, -0.2) is 0 Å². The van der Waals surface area contributed by atoms with E-state index in [1.54, 1.807) is 6.07 Å². The van der Waals surface area contributed by atoms with Crippen LogP contribution in [-0.4, -0.2) is 0 Å². The Hall–Kier alpha value is -4.34. The summed E-state index contributed by atoms with van der Waals surface area (Å²) in [6, 6.07) is 33.6. The van der Waals surface area contributed by atoms with Gasteiger partial charge in [-0.05, 0) is 52.2 Å². The summed E-state index contributed by atoms with van der Waals surface area (Å²) in [5.41, 5.74) is 3.89. The molecule has 0 bridgehead atoms. The molecule has 0 amide bonds. The Morgan fingerprint density at radius 1 is 0.800 bits per heavy atom. The van der Waals surface area contributed by atoms with Crippen LogP contribution in [0.15, 0.2) is 91.0 Å². The van der Waals surface area contributed by atoms with Crippen LogP contribution in [0.1, 0.15) is 22.3 Å². The Kier molecular flexibility index (Phi) is 5.56. The zero-order valence-electron chi connectivity index (χ0n) is 16.2. The van der Waals surface area contributed by atoms with Gasteiger partial charge in [0, 0.05) is 5.56 Å². The number of allylic oxidation sites excluding steroid dienone is 1. The average Bonchev–Trinajstić information content (AvgIpc) is 2.81. The SMILES string of the molecule is N#C/C(=C/c1ccc(OCc2ccccc2C#N)cc1)c1ccc2ccccc2c1. The lowest BCUT2D eigenvalue weighted by molar-refractivity contribution is 0.306. The third-order valence-electron chi connectivity index (χ3n) is 4.90. The molecule has 3 heteroatoms. The van der Waals surface area contributed by atoms with Crippen molar-refractivity contribution >= 4 is 22.4 Å². The molecule has 142 valence electrons. The van der Waals surface area contributed by atoms with Gasteiger partial charge >= 0.3 is 0 Å². The number of rotatable bonds is 5. The third kappa shape index (κ3) is 4.22. The van der Waals surface area contributed by atoms with Crippen molar-refractivity contribution in [1.82, 2.24) is 0 Å². The summed E-state index contributed by atoms with van der Waals surface area (Å²) >= 11 is 0. The van der Waals surface area contributed by atoms with Crippen LogP contribution < -0.4 is 4.74 Å². The third-order valence-corrected chi connectivity index (χ3v) is 4.90. The van der Waals surface area contributed by atoms with E-state index in [2.05, 4.69) is 18.2 Å². The van der Waals surface area contributed by atoms with Gasteiger partial charge in [0.25, 0.3) is 0 Å². The fourth-order valence-electron chi connectivity index (χ4n) is 3.28. The smallest absolute Gasteiger partial charge is 0.119 e. The number of hydrogen-bond acceptors (Lipinski definition) is 3. The summed E-state index contributed by atoms with van der Waals surface area (Å²) in [5, 5.41) is 21.1. The highest BCUT2D eigenvalue weighted by Gasteiger charge is 2.04. The molecule has 4 aromatic rings. The molecule has 0 aliphatic rings. The van der Waals surface area contributed by atoms with Crippen molar-refractivity contribution < 1.29 is 4.74 Å². The normalized spacial score (nSPS) is 10.9. The van der Waals surface area contributed by atoms with E-state index < -0.39 is 0 Å². The molecule has 0 N–H and O–H groups in total. The van der Waals surface area contributed by atoms with E-state index in [0.717, 1.165) is 27.5 Å². The molecule has 0 aromatic heterocycles. The Bertz CT molecular complexity index is 1310. The van der Waals surface area contributed by atoms with E-state index >= 15 is 0 Å². The summed E-state index contributed by atoms with van der Waals surface area (Å²) in [4.78, 5) is 0. The minimum Gasteiger partial charge on any atom is -0.489 e. The van der Waals surface area contributed by atoms with Crippen LogP contribution in [0, 0.1) is 22.7 Å². The first-order valence-corrected chi connectivity index (χ1v) is 9.59. The van der Waals surface area contributed by atoms with Crippen molar-refractivity contribution in [2.75, 3.05) is 0 Å². The number of nitriles is 2. The lowest BCUT2D eigenvalue weighted by Crippen LogP contribution is -1.98. The molecule has 0 saturated heterocycles. The van der Waals surface area contributed by atoms with E-state index in [0.29, 0.717) is 23.5 Å². The van der Waals surface area contributed by atoms with Gasteiger partial charge in [-0.1, -0.05) is 66.7 Å². The largest absolute Gasteiger partial charge is 0.489 e. The van der Waals surface area contributed by atoms with Crippen molar-refractivity contribution in [3.8, 4) is 17.9 Å². The van der Waals surface area contributed by atoms with E-state index in [1.165, 1.54) is 0 Å². The molecule has 0 heterocycles. The van der Waals surface area contributed by atoms with Crippen molar-refractivity contribution in [2.45, 2.75) is 6.61 Å². The van der Waals surface area contributed by atoms with Crippen LogP contribution in [-0.2, 0) is 6.61 Å². The van der Waals surface area contributed by atoms with Crippen LogP contribution in [0.25, 0.3) is 22.4 Å². The van der Waals surface area contributed by atoms with Crippen LogP contribution in [0.3, 0.4) is 0 Å². The summed E-state index contributed by atoms with van der Waals surface area (Å²) in [5.74, 6) is 0.712. The van der Waals surface area contributed by atoms with Gasteiger partial charge in [0.1, 0.15) is 12.4 Å². The first-order valence-electron chi connectivity index (χ1n) is 9.59. The maximum atomic E-state index is 9.66. The predicted octanol–water partition coefficient (Wildman–Crippen LogP) is 6.35. The van der Waals surface area contributed by atoms with Crippen molar-refractivity contribution in [3.05, 3.63) is 113 Å². The van der Waals surface area contributed by atoms with Crippen molar-refractivity contribution in [1.29, 1.82) is 10.5 Å². The maximum Gasteiger partial charge on any atom is 0.119 e. The lowest BCUT2D eigenvalue weighted by atomic mass is 10.0. The Balaban J connectivity index is 1.51. The molecular formula is C27H18N2O. The Labute approximate surface area is 175 Å². The second kappa shape index (κ2) is 8.78.